The Kier molecular flexibility index (Phi) is 3.77. The number of rotatable bonds is 4. The molecule has 6 nitrogen and oxygen atoms in total. The fourth-order valence-electron chi connectivity index (χ4n) is 2.47. The fourth-order valence-corrected chi connectivity index (χ4v) is 2.47. The molecule has 0 aliphatic rings. The van der Waals surface area contributed by atoms with Crippen LogP contribution in [0.3, 0.4) is 0 Å². The number of hydrogen-bond acceptors (Lipinski definition) is 4. The summed E-state index contributed by atoms with van der Waals surface area (Å²) in [6.07, 6.45) is 2.84. The zero-order valence-electron chi connectivity index (χ0n) is 12.5. The molecule has 3 aromatic rings. The van der Waals surface area contributed by atoms with Crippen LogP contribution in [-0.4, -0.2) is 25.6 Å². The van der Waals surface area contributed by atoms with Gasteiger partial charge in [0.1, 0.15) is 11.3 Å². The first-order chi connectivity index (χ1) is 11.1. The van der Waals surface area contributed by atoms with Gasteiger partial charge in [-0.15, -0.1) is 0 Å². The maximum Gasteiger partial charge on any atom is 0.337 e. The topological polar surface area (TPSA) is 91.8 Å². The zero-order valence-corrected chi connectivity index (χ0v) is 12.5. The number of hydrogen-bond donors (Lipinski definition) is 1. The molecule has 1 N–H and O–H groups in total. The highest BCUT2D eigenvalue weighted by Gasteiger charge is 2.12. The van der Waals surface area contributed by atoms with Crippen molar-refractivity contribution in [1.29, 1.82) is 5.26 Å². The number of aromatic nitrogens is 3. The maximum absolute atomic E-state index is 11.0. The van der Waals surface area contributed by atoms with E-state index in [0.717, 1.165) is 17.8 Å². The quantitative estimate of drug-likeness (QED) is 0.798. The van der Waals surface area contributed by atoms with Crippen LogP contribution in [0.25, 0.3) is 11.2 Å². The van der Waals surface area contributed by atoms with Gasteiger partial charge in [-0.3, -0.25) is 0 Å². The number of carbonyl (C=O) groups is 1. The Hall–Kier alpha value is -3.20. The largest absolute Gasteiger partial charge is 0.478 e. The molecule has 0 unspecified atom stereocenters. The van der Waals surface area contributed by atoms with E-state index in [-0.39, 0.29) is 5.56 Å². The summed E-state index contributed by atoms with van der Waals surface area (Å²) < 4.78 is 1.88. The number of pyridine rings is 1. The molecule has 0 saturated heterocycles. The van der Waals surface area contributed by atoms with Crippen molar-refractivity contribution < 1.29 is 9.90 Å². The van der Waals surface area contributed by atoms with Crippen molar-refractivity contribution in [3.05, 3.63) is 59.0 Å². The number of aryl methyl sites for hydroxylation is 3. The van der Waals surface area contributed by atoms with Gasteiger partial charge in [0.25, 0.3) is 0 Å². The number of carboxylic acid groups (broad SMARTS) is 1. The highest BCUT2D eigenvalue weighted by molar-refractivity contribution is 5.90. The van der Waals surface area contributed by atoms with E-state index in [9.17, 15) is 4.79 Å². The van der Waals surface area contributed by atoms with Crippen LogP contribution in [0.15, 0.2) is 36.5 Å². The number of nitrogens with zero attached hydrogens (tertiary/aromatic N) is 4. The van der Waals surface area contributed by atoms with Crippen molar-refractivity contribution >= 4 is 17.1 Å². The molecule has 0 aliphatic heterocycles. The third-order valence-electron chi connectivity index (χ3n) is 3.77. The second kappa shape index (κ2) is 5.89. The van der Waals surface area contributed by atoms with Crippen LogP contribution in [0, 0.1) is 11.3 Å². The van der Waals surface area contributed by atoms with Crippen molar-refractivity contribution in [2.75, 3.05) is 0 Å². The lowest BCUT2D eigenvalue weighted by molar-refractivity contribution is 0.0696. The molecule has 0 atom stereocenters. The molecule has 2 aromatic heterocycles. The zero-order chi connectivity index (χ0) is 16.4. The van der Waals surface area contributed by atoms with Crippen molar-refractivity contribution in [2.45, 2.75) is 12.8 Å². The third-order valence-corrected chi connectivity index (χ3v) is 3.77. The summed E-state index contributed by atoms with van der Waals surface area (Å²) in [6, 6.07) is 11.1. The van der Waals surface area contributed by atoms with Crippen molar-refractivity contribution in [2.24, 2.45) is 7.05 Å². The maximum atomic E-state index is 11.0. The van der Waals surface area contributed by atoms with E-state index in [1.54, 1.807) is 12.1 Å². The highest BCUT2D eigenvalue weighted by Crippen LogP contribution is 2.16. The molecule has 114 valence electrons. The van der Waals surface area contributed by atoms with Crippen LogP contribution in [0.2, 0.25) is 0 Å². The average molecular weight is 306 g/mol. The Morgan fingerprint density at radius 1 is 1.30 bits per heavy atom. The van der Waals surface area contributed by atoms with Gasteiger partial charge in [-0.1, -0.05) is 12.1 Å². The Balaban J connectivity index is 1.83. The lowest BCUT2D eigenvalue weighted by Gasteiger charge is -2.03. The third kappa shape index (κ3) is 2.90. The van der Waals surface area contributed by atoms with E-state index in [2.05, 4.69) is 16.0 Å². The molecule has 3 rings (SSSR count). The predicted molar refractivity (Wildman–Crippen MR) is 84.0 cm³/mol. The van der Waals surface area contributed by atoms with E-state index < -0.39 is 5.97 Å². The summed E-state index contributed by atoms with van der Waals surface area (Å²) in [5.74, 6) is -0.163. The van der Waals surface area contributed by atoms with Crippen molar-refractivity contribution in [3.8, 4) is 6.07 Å². The summed E-state index contributed by atoms with van der Waals surface area (Å²) in [5.41, 5.74) is 3.15. The molecule has 0 saturated carbocycles. The summed E-state index contributed by atoms with van der Waals surface area (Å²) >= 11 is 0. The number of carboxylic acids is 1. The lowest BCUT2D eigenvalue weighted by Crippen LogP contribution is -2.01. The fraction of sp³-hybridized carbons (Fsp3) is 0.176. The monoisotopic (exact) mass is 306 g/mol. The molecular formula is C17H14N4O2. The molecule has 0 aliphatic carbocycles. The second-order valence-corrected chi connectivity index (χ2v) is 5.27. The first kappa shape index (κ1) is 14.7. The molecule has 0 fully saturated rings. The first-order valence-corrected chi connectivity index (χ1v) is 7.12. The van der Waals surface area contributed by atoms with Gasteiger partial charge in [0.2, 0.25) is 0 Å². The van der Waals surface area contributed by atoms with E-state index in [4.69, 9.17) is 10.4 Å². The van der Waals surface area contributed by atoms with Crippen LogP contribution >= 0.6 is 0 Å². The normalized spacial score (nSPS) is 10.6. The standard InChI is InChI=1S/C17H14N4O2/c1-21-15(7-6-11-2-4-12(9-18)5-3-11)20-14-8-13(17(22)23)10-19-16(14)21/h2-5,8,10H,6-7H2,1H3,(H,22,23). The molecule has 0 bridgehead atoms. The summed E-state index contributed by atoms with van der Waals surface area (Å²) in [4.78, 5) is 19.7. The molecule has 6 heteroatoms. The van der Waals surface area contributed by atoms with Crippen LogP contribution in [0.4, 0.5) is 0 Å². The minimum absolute atomic E-state index is 0.134. The number of nitriles is 1. The number of aromatic carboxylic acids is 1. The summed E-state index contributed by atoms with van der Waals surface area (Å²) in [6.45, 7) is 0. The summed E-state index contributed by atoms with van der Waals surface area (Å²) in [5, 5.41) is 17.8. The molecule has 23 heavy (non-hydrogen) atoms. The molecule has 0 amide bonds. The van der Waals surface area contributed by atoms with Gasteiger partial charge in [-0.05, 0) is 30.2 Å². The second-order valence-electron chi connectivity index (χ2n) is 5.27. The van der Waals surface area contributed by atoms with Gasteiger partial charge >= 0.3 is 5.97 Å². The molecule has 2 heterocycles. The Morgan fingerprint density at radius 2 is 2.04 bits per heavy atom. The van der Waals surface area contributed by atoms with Gasteiger partial charge in [0.15, 0.2) is 5.65 Å². The van der Waals surface area contributed by atoms with E-state index in [1.807, 2.05) is 23.7 Å². The van der Waals surface area contributed by atoms with Crippen LogP contribution in [0.1, 0.15) is 27.3 Å². The molecule has 0 radical (unpaired) electrons. The SMILES string of the molecule is Cn1c(CCc2ccc(C#N)cc2)nc2cc(C(=O)O)cnc21. The average Bonchev–Trinajstić information content (AvgIpc) is 2.89. The van der Waals surface area contributed by atoms with Gasteiger partial charge in [0, 0.05) is 19.7 Å². The Bertz CT molecular complexity index is 920. The van der Waals surface area contributed by atoms with Gasteiger partial charge in [0.05, 0.1) is 17.2 Å². The Labute approximate surface area is 132 Å². The number of benzene rings is 1. The molecule has 0 spiro atoms. The van der Waals surface area contributed by atoms with E-state index >= 15 is 0 Å². The highest BCUT2D eigenvalue weighted by atomic mass is 16.4. The van der Waals surface area contributed by atoms with Crippen LogP contribution < -0.4 is 0 Å². The van der Waals surface area contributed by atoms with Crippen LogP contribution in [0.5, 0.6) is 0 Å². The minimum Gasteiger partial charge on any atom is -0.478 e. The first-order valence-electron chi connectivity index (χ1n) is 7.12. The van der Waals surface area contributed by atoms with Crippen molar-refractivity contribution in [1.82, 2.24) is 14.5 Å². The summed E-state index contributed by atoms with van der Waals surface area (Å²) in [7, 11) is 1.87. The van der Waals surface area contributed by atoms with Gasteiger partial charge in [-0.2, -0.15) is 5.26 Å². The lowest BCUT2D eigenvalue weighted by atomic mass is 10.1. The molecular weight excluding hydrogens is 292 g/mol. The number of imidazole rings is 1. The van der Waals surface area contributed by atoms with Crippen molar-refractivity contribution in [3.63, 3.8) is 0 Å². The predicted octanol–water partition coefficient (Wildman–Crippen LogP) is 2.32. The van der Waals surface area contributed by atoms with Gasteiger partial charge in [-0.25, -0.2) is 14.8 Å². The van der Waals surface area contributed by atoms with Crippen LogP contribution in [-0.2, 0) is 19.9 Å². The van der Waals surface area contributed by atoms with E-state index in [0.29, 0.717) is 23.1 Å². The molecule has 1 aromatic carbocycles. The minimum atomic E-state index is -1.01. The smallest absolute Gasteiger partial charge is 0.337 e. The van der Waals surface area contributed by atoms with Gasteiger partial charge < -0.3 is 9.67 Å². The number of fused-ring (bicyclic) bond motifs is 1. The van der Waals surface area contributed by atoms with E-state index in [1.165, 1.54) is 12.3 Å². The Morgan fingerprint density at radius 3 is 2.70 bits per heavy atom.